The molecule has 0 amide bonds. The smallest absolute Gasteiger partial charge is 0.0110 e. The molecule has 0 N–H and O–H groups in total. The highest BCUT2D eigenvalue weighted by molar-refractivity contribution is 4.78. The van der Waals surface area contributed by atoms with Gasteiger partial charge in [-0.3, -0.25) is 0 Å². The predicted octanol–water partition coefficient (Wildman–Crippen LogP) is 1.60. The van der Waals surface area contributed by atoms with E-state index in [9.17, 15) is 0 Å². The Hall–Kier alpha value is -0.120. The second kappa shape index (κ2) is 6.88. The van der Waals surface area contributed by atoms with E-state index in [1.54, 1.807) is 0 Å². The first-order valence-electron chi connectivity index (χ1n) is 7.76. The van der Waals surface area contributed by atoms with Crippen LogP contribution in [0.15, 0.2) is 0 Å². The van der Waals surface area contributed by atoms with E-state index in [0.29, 0.717) is 0 Å². The second-order valence-electron chi connectivity index (χ2n) is 6.74. The molecule has 0 radical (unpaired) electrons. The van der Waals surface area contributed by atoms with E-state index in [4.69, 9.17) is 0 Å². The summed E-state index contributed by atoms with van der Waals surface area (Å²) in [5.41, 5.74) is 0. The summed E-state index contributed by atoms with van der Waals surface area (Å²) in [6.45, 7) is 15.0. The van der Waals surface area contributed by atoms with Gasteiger partial charge in [0.1, 0.15) is 0 Å². The average molecular weight is 253 g/mol. The molecule has 0 saturated carbocycles. The Kier molecular flexibility index (Phi) is 5.46. The van der Waals surface area contributed by atoms with Gasteiger partial charge in [-0.1, -0.05) is 13.8 Å². The van der Waals surface area contributed by atoms with Crippen LogP contribution >= 0.6 is 0 Å². The van der Waals surface area contributed by atoms with Gasteiger partial charge >= 0.3 is 0 Å². The molecular weight excluding hydrogens is 222 g/mol. The van der Waals surface area contributed by atoms with E-state index in [1.807, 2.05) is 0 Å². The van der Waals surface area contributed by atoms with Crippen molar-refractivity contribution in [2.24, 2.45) is 11.8 Å². The van der Waals surface area contributed by atoms with E-state index in [2.05, 4.69) is 35.6 Å². The van der Waals surface area contributed by atoms with Gasteiger partial charge in [-0.2, -0.15) is 0 Å². The van der Waals surface area contributed by atoms with Gasteiger partial charge in [0.05, 0.1) is 0 Å². The topological polar surface area (TPSA) is 9.72 Å². The highest BCUT2D eigenvalue weighted by Crippen LogP contribution is 2.18. The van der Waals surface area contributed by atoms with Crippen molar-refractivity contribution >= 4 is 0 Å². The second-order valence-corrected chi connectivity index (χ2v) is 6.74. The van der Waals surface area contributed by atoms with E-state index in [1.165, 1.54) is 65.2 Å². The molecule has 0 unspecified atom stereocenters. The molecule has 2 heterocycles. The Morgan fingerprint density at radius 2 is 1.44 bits per heavy atom. The first-order valence-corrected chi connectivity index (χ1v) is 7.76. The molecule has 106 valence electrons. The van der Waals surface area contributed by atoms with Gasteiger partial charge in [0.2, 0.25) is 0 Å². The number of rotatable bonds is 4. The lowest BCUT2D eigenvalue weighted by Gasteiger charge is -2.38. The van der Waals surface area contributed by atoms with Crippen LogP contribution in [0, 0.1) is 11.8 Å². The van der Waals surface area contributed by atoms with Crippen LogP contribution in [-0.2, 0) is 0 Å². The molecule has 2 saturated heterocycles. The molecule has 0 bridgehead atoms. The number of hydrogen-bond acceptors (Lipinski definition) is 3. The lowest BCUT2D eigenvalue weighted by Crippen LogP contribution is -2.49. The maximum absolute atomic E-state index is 2.70. The fourth-order valence-electron chi connectivity index (χ4n) is 3.28. The number of hydrogen-bond donors (Lipinski definition) is 0. The van der Waals surface area contributed by atoms with Crippen LogP contribution in [0.25, 0.3) is 0 Å². The molecular formula is C15H31N3. The standard InChI is InChI=1S/C15H31N3/c1-14(2)12-17-8-10-18(11-9-17)13-15-4-6-16(3)7-5-15/h14-15H,4-13H2,1-3H3. The molecule has 2 aliphatic rings. The van der Waals surface area contributed by atoms with Crippen LogP contribution < -0.4 is 0 Å². The minimum absolute atomic E-state index is 0.811. The minimum atomic E-state index is 0.811. The molecule has 0 aromatic rings. The molecule has 0 spiro atoms. The summed E-state index contributed by atoms with van der Waals surface area (Å²) >= 11 is 0. The third-order valence-electron chi connectivity index (χ3n) is 4.44. The van der Waals surface area contributed by atoms with E-state index in [-0.39, 0.29) is 0 Å². The van der Waals surface area contributed by atoms with Crippen LogP contribution in [0.2, 0.25) is 0 Å². The fourth-order valence-corrected chi connectivity index (χ4v) is 3.28. The lowest BCUT2D eigenvalue weighted by atomic mass is 9.96. The van der Waals surface area contributed by atoms with Crippen molar-refractivity contribution in [2.45, 2.75) is 26.7 Å². The molecule has 0 aromatic carbocycles. The van der Waals surface area contributed by atoms with Gasteiger partial charge in [-0.05, 0) is 44.8 Å². The third-order valence-corrected chi connectivity index (χ3v) is 4.44. The zero-order chi connectivity index (χ0) is 13.0. The quantitative estimate of drug-likeness (QED) is 0.753. The number of piperazine rings is 1. The molecule has 18 heavy (non-hydrogen) atoms. The van der Waals surface area contributed by atoms with Crippen LogP contribution in [0.5, 0.6) is 0 Å². The number of nitrogens with zero attached hydrogens (tertiary/aromatic N) is 3. The number of piperidine rings is 1. The SMILES string of the molecule is CC(C)CN1CCN(CC2CCN(C)CC2)CC1. The summed E-state index contributed by atoms with van der Waals surface area (Å²) in [6, 6.07) is 0. The molecule has 0 aliphatic carbocycles. The summed E-state index contributed by atoms with van der Waals surface area (Å²) in [5.74, 6) is 1.77. The van der Waals surface area contributed by atoms with Crippen molar-refractivity contribution in [2.75, 3.05) is 59.4 Å². The monoisotopic (exact) mass is 253 g/mol. The van der Waals surface area contributed by atoms with E-state index < -0.39 is 0 Å². The van der Waals surface area contributed by atoms with E-state index >= 15 is 0 Å². The molecule has 2 fully saturated rings. The first-order chi connectivity index (χ1) is 8.63. The average Bonchev–Trinajstić information content (AvgIpc) is 2.34. The lowest BCUT2D eigenvalue weighted by molar-refractivity contribution is 0.0939. The summed E-state index contributed by atoms with van der Waals surface area (Å²) < 4.78 is 0. The molecule has 3 heteroatoms. The molecule has 2 aliphatic heterocycles. The number of likely N-dealkylation sites (tertiary alicyclic amines) is 1. The predicted molar refractivity (Wildman–Crippen MR) is 77.9 cm³/mol. The Labute approximate surface area is 113 Å². The first kappa shape index (κ1) is 14.3. The zero-order valence-corrected chi connectivity index (χ0v) is 12.6. The van der Waals surface area contributed by atoms with E-state index in [0.717, 1.165) is 11.8 Å². The Morgan fingerprint density at radius 1 is 0.889 bits per heavy atom. The maximum atomic E-state index is 2.70. The summed E-state index contributed by atoms with van der Waals surface area (Å²) in [4.78, 5) is 7.81. The van der Waals surface area contributed by atoms with Crippen LogP contribution in [0.1, 0.15) is 26.7 Å². The molecule has 2 rings (SSSR count). The molecule has 0 atom stereocenters. The Morgan fingerprint density at radius 3 is 2.00 bits per heavy atom. The molecule has 0 aromatic heterocycles. The van der Waals surface area contributed by atoms with Gasteiger partial charge in [-0.15, -0.1) is 0 Å². The maximum Gasteiger partial charge on any atom is 0.0110 e. The Bertz CT molecular complexity index is 226. The van der Waals surface area contributed by atoms with Crippen LogP contribution in [0.3, 0.4) is 0 Å². The van der Waals surface area contributed by atoms with Gasteiger partial charge in [-0.25, -0.2) is 0 Å². The van der Waals surface area contributed by atoms with Crippen molar-refractivity contribution in [3.05, 3.63) is 0 Å². The highest BCUT2D eigenvalue weighted by Gasteiger charge is 2.22. The van der Waals surface area contributed by atoms with Crippen molar-refractivity contribution in [1.82, 2.24) is 14.7 Å². The van der Waals surface area contributed by atoms with Crippen molar-refractivity contribution in [3.63, 3.8) is 0 Å². The fraction of sp³-hybridized carbons (Fsp3) is 1.00. The van der Waals surface area contributed by atoms with Gasteiger partial charge < -0.3 is 14.7 Å². The third kappa shape index (κ3) is 4.52. The van der Waals surface area contributed by atoms with Gasteiger partial charge in [0.15, 0.2) is 0 Å². The Balaban J connectivity index is 1.64. The van der Waals surface area contributed by atoms with Crippen LogP contribution in [0.4, 0.5) is 0 Å². The van der Waals surface area contributed by atoms with Crippen molar-refractivity contribution in [1.29, 1.82) is 0 Å². The summed E-state index contributed by atoms with van der Waals surface area (Å²) in [7, 11) is 2.25. The largest absolute Gasteiger partial charge is 0.306 e. The van der Waals surface area contributed by atoms with Crippen molar-refractivity contribution < 1.29 is 0 Å². The minimum Gasteiger partial charge on any atom is -0.306 e. The van der Waals surface area contributed by atoms with Crippen molar-refractivity contribution in [3.8, 4) is 0 Å². The highest BCUT2D eigenvalue weighted by atomic mass is 15.3. The van der Waals surface area contributed by atoms with Crippen LogP contribution in [-0.4, -0.2) is 74.1 Å². The zero-order valence-electron chi connectivity index (χ0n) is 12.6. The van der Waals surface area contributed by atoms with Gasteiger partial charge in [0, 0.05) is 39.3 Å². The summed E-state index contributed by atoms with van der Waals surface area (Å²) in [5, 5.41) is 0. The normalized spacial score (nSPS) is 26.0. The molecule has 3 nitrogen and oxygen atoms in total. The summed E-state index contributed by atoms with van der Waals surface area (Å²) in [6.07, 6.45) is 2.81. The van der Waals surface area contributed by atoms with Gasteiger partial charge in [0.25, 0.3) is 0 Å².